The number of hydrogen-bond donors (Lipinski definition) is 1. The van der Waals surface area contributed by atoms with Crippen molar-refractivity contribution in [1.29, 1.82) is 0 Å². The Bertz CT molecular complexity index is 558. The zero-order chi connectivity index (χ0) is 13.9. The highest BCUT2D eigenvalue weighted by atomic mass is 32.2. The summed E-state index contributed by atoms with van der Waals surface area (Å²) in [5, 5.41) is 2.68. The standard InChI is InChI=1S/C14H20N2O2S/c1-11(2)12-5-7-13(8-6-12)15-14(17)16-19(18)9-3-4-10-19/h5-8,11H,3-4,9-10H2,1-2H3,(H,15,17). The third-order valence-electron chi connectivity index (χ3n) is 3.25. The molecule has 5 heteroatoms. The number of anilines is 1. The number of rotatable bonds is 2. The van der Waals surface area contributed by atoms with Crippen molar-refractivity contribution in [3.05, 3.63) is 29.8 Å². The molecule has 0 aromatic heterocycles. The first kappa shape index (κ1) is 14.1. The zero-order valence-corrected chi connectivity index (χ0v) is 12.2. The van der Waals surface area contributed by atoms with Crippen molar-refractivity contribution in [2.45, 2.75) is 32.6 Å². The lowest BCUT2D eigenvalue weighted by atomic mass is 10.0. The average molecular weight is 280 g/mol. The predicted molar refractivity (Wildman–Crippen MR) is 79.1 cm³/mol. The van der Waals surface area contributed by atoms with E-state index in [1.54, 1.807) is 0 Å². The Kier molecular flexibility index (Phi) is 4.24. The van der Waals surface area contributed by atoms with Crippen molar-refractivity contribution in [3.8, 4) is 0 Å². The Balaban J connectivity index is 2.05. The molecule has 0 atom stereocenters. The van der Waals surface area contributed by atoms with E-state index in [1.807, 2.05) is 24.3 Å². The summed E-state index contributed by atoms with van der Waals surface area (Å²) in [5.41, 5.74) is 1.91. The van der Waals surface area contributed by atoms with Gasteiger partial charge in [-0.05, 0) is 36.5 Å². The molecule has 1 N–H and O–H groups in total. The molecule has 1 aromatic carbocycles. The topological polar surface area (TPSA) is 58.5 Å². The molecule has 1 saturated heterocycles. The number of nitrogens with one attached hydrogen (secondary N) is 1. The summed E-state index contributed by atoms with van der Waals surface area (Å²) in [7, 11) is -2.28. The Morgan fingerprint density at radius 3 is 2.32 bits per heavy atom. The van der Waals surface area contributed by atoms with Gasteiger partial charge < -0.3 is 5.32 Å². The van der Waals surface area contributed by atoms with Gasteiger partial charge in [0.2, 0.25) is 0 Å². The number of amides is 2. The van der Waals surface area contributed by atoms with Gasteiger partial charge in [0.05, 0.1) is 9.73 Å². The number of carbonyl (C=O) groups excluding carboxylic acids is 1. The van der Waals surface area contributed by atoms with E-state index in [0.29, 0.717) is 23.1 Å². The molecule has 0 saturated carbocycles. The van der Waals surface area contributed by atoms with Crippen molar-refractivity contribution >= 4 is 21.4 Å². The maximum absolute atomic E-state index is 12.1. The third kappa shape index (κ3) is 3.80. The summed E-state index contributed by atoms with van der Waals surface area (Å²) in [6, 6.07) is 7.17. The minimum Gasteiger partial charge on any atom is -0.306 e. The molecule has 0 radical (unpaired) electrons. The Morgan fingerprint density at radius 2 is 1.79 bits per heavy atom. The van der Waals surface area contributed by atoms with Gasteiger partial charge in [0, 0.05) is 17.2 Å². The number of carbonyl (C=O) groups is 1. The molecule has 1 aromatic rings. The van der Waals surface area contributed by atoms with Crippen molar-refractivity contribution in [1.82, 2.24) is 0 Å². The summed E-state index contributed by atoms with van der Waals surface area (Å²) >= 11 is 0. The van der Waals surface area contributed by atoms with Gasteiger partial charge in [-0.2, -0.15) is 0 Å². The van der Waals surface area contributed by atoms with Crippen LogP contribution in [0.3, 0.4) is 0 Å². The Morgan fingerprint density at radius 1 is 1.21 bits per heavy atom. The van der Waals surface area contributed by atoms with Gasteiger partial charge in [-0.1, -0.05) is 26.0 Å². The van der Waals surface area contributed by atoms with Crippen LogP contribution in [0.5, 0.6) is 0 Å². The van der Waals surface area contributed by atoms with E-state index in [9.17, 15) is 9.00 Å². The van der Waals surface area contributed by atoms with E-state index in [4.69, 9.17) is 0 Å². The smallest absolute Gasteiger partial charge is 0.306 e. The maximum atomic E-state index is 12.1. The fourth-order valence-electron chi connectivity index (χ4n) is 2.10. The monoisotopic (exact) mass is 280 g/mol. The third-order valence-corrected chi connectivity index (χ3v) is 5.61. The van der Waals surface area contributed by atoms with Crippen LogP contribution in [-0.4, -0.2) is 21.7 Å². The first-order valence-corrected chi connectivity index (χ1v) is 8.47. The average Bonchev–Trinajstić information content (AvgIpc) is 2.76. The van der Waals surface area contributed by atoms with Crippen LogP contribution in [0.15, 0.2) is 28.6 Å². The normalized spacial score (nSPS) is 17.4. The van der Waals surface area contributed by atoms with Gasteiger partial charge in [0.25, 0.3) is 0 Å². The molecule has 0 spiro atoms. The summed E-state index contributed by atoms with van der Waals surface area (Å²) in [4.78, 5) is 11.7. The van der Waals surface area contributed by atoms with E-state index < -0.39 is 15.8 Å². The van der Waals surface area contributed by atoms with E-state index in [-0.39, 0.29) is 0 Å². The second-order valence-electron chi connectivity index (χ2n) is 5.19. The zero-order valence-electron chi connectivity index (χ0n) is 11.4. The highest BCUT2D eigenvalue weighted by Crippen LogP contribution is 2.18. The molecule has 1 heterocycles. The molecule has 104 valence electrons. The molecule has 2 amide bonds. The summed E-state index contributed by atoms with van der Waals surface area (Å²) in [6.07, 6.45) is 1.80. The molecular weight excluding hydrogens is 260 g/mol. The lowest BCUT2D eigenvalue weighted by Gasteiger charge is -2.07. The van der Waals surface area contributed by atoms with Crippen molar-refractivity contribution < 1.29 is 9.00 Å². The number of nitrogens with zero attached hydrogens (tertiary/aromatic N) is 1. The molecule has 0 unspecified atom stereocenters. The lowest BCUT2D eigenvalue weighted by Crippen LogP contribution is -2.11. The van der Waals surface area contributed by atoms with Gasteiger partial charge in [-0.25, -0.2) is 9.00 Å². The SMILES string of the molecule is CC(C)c1ccc(NC(=O)N=S2(=O)CCCC2)cc1. The predicted octanol–water partition coefficient (Wildman–Crippen LogP) is 3.60. The van der Waals surface area contributed by atoms with Crippen molar-refractivity contribution in [2.24, 2.45) is 4.36 Å². The van der Waals surface area contributed by atoms with Gasteiger partial charge in [0.15, 0.2) is 0 Å². The van der Waals surface area contributed by atoms with Crippen molar-refractivity contribution in [3.63, 3.8) is 0 Å². The molecule has 0 aliphatic carbocycles. The Hall–Kier alpha value is -1.36. The van der Waals surface area contributed by atoms with E-state index >= 15 is 0 Å². The fourth-order valence-corrected chi connectivity index (χ4v) is 4.14. The van der Waals surface area contributed by atoms with Gasteiger partial charge >= 0.3 is 6.03 Å². The molecule has 1 aliphatic rings. The molecule has 2 rings (SSSR count). The first-order chi connectivity index (χ1) is 8.98. The van der Waals surface area contributed by atoms with Gasteiger partial charge in [-0.15, -0.1) is 4.36 Å². The van der Waals surface area contributed by atoms with Gasteiger partial charge in [-0.3, -0.25) is 0 Å². The quantitative estimate of drug-likeness (QED) is 0.899. The van der Waals surface area contributed by atoms with Gasteiger partial charge in [0.1, 0.15) is 0 Å². The molecular formula is C14H20N2O2S. The molecule has 0 bridgehead atoms. The van der Waals surface area contributed by atoms with Crippen LogP contribution in [0.4, 0.5) is 10.5 Å². The van der Waals surface area contributed by atoms with E-state index in [1.165, 1.54) is 5.56 Å². The van der Waals surface area contributed by atoms with Crippen LogP contribution < -0.4 is 5.32 Å². The van der Waals surface area contributed by atoms with Crippen LogP contribution in [0.25, 0.3) is 0 Å². The molecule has 1 aliphatic heterocycles. The molecule has 4 nitrogen and oxygen atoms in total. The van der Waals surface area contributed by atoms with E-state index in [2.05, 4.69) is 23.5 Å². The maximum Gasteiger partial charge on any atom is 0.353 e. The minimum atomic E-state index is -2.28. The highest BCUT2D eigenvalue weighted by molar-refractivity contribution is 7.94. The second kappa shape index (κ2) is 5.74. The minimum absolute atomic E-state index is 0.460. The van der Waals surface area contributed by atoms with Crippen LogP contribution >= 0.6 is 0 Å². The molecule has 19 heavy (non-hydrogen) atoms. The fraction of sp³-hybridized carbons (Fsp3) is 0.500. The lowest BCUT2D eigenvalue weighted by molar-refractivity contribution is 0.260. The number of hydrogen-bond acceptors (Lipinski definition) is 2. The van der Waals surface area contributed by atoms with E-state index in [0.717, 1.165) is 12.8 Å². The first-order valence-electron chi connectivity index (χ1n) is 6.62. The summed E-state index contributed by atoms with van der Waals surface area (Å²) in [5.74, 6) is 1.56. The van der Waals surface area contributed by atoms with Crippen LogP contribution in [0.2, 0.25) is 0 Å². The van der Waals surface area contributed by atoms with Crippen LogP contribution in [0, 0.1) is 0 Å². The second-order valence-corrected chi connectivity index (χ2v) is 7.73. The summed E-state index contributed by atoms with van der Waals surface area (Å²) < 4.78 is 15.9. The number of urea groups is 1. The summed E-state index contributed by atoms with van der Waals surface area (Å²) in [6.45, 7) is 4.24. The van der Waals surface area contributed by atoms with Crippen molar-refractivity contribution in [2.75, 3.05) is 16.8 Å². The highest BCUT2D eigenvalue weighted by Gasteiger charge is 2.18. The Labute approximate surface area is 114 Å². The van der Waals surface area contributed by atoms with Crippen LogP contribution in [0.1, 0.15) is 38.2 Å². The number of benzene rings is 1. The largest absolute Gasteiger partial charge is 0.353 e. The van der Waals surface area contributed by atoms with Crippen LogP contribution in [-0.2, 0) is 9.73 Å². The molecule has 1 fully saturated rings.